The number of ether oxygens (including phenoxy) is 2. The molecule has 1 aromatic rings. The lowest BCUT2D eigenvalue weighted by Gasteiger charge is -2.28. The number of hydrogen-bond acceptors (Lipinski definition) is 4. The van der Waals surface area contributed by atoms with Crippen LogP contribution in [0.1, 0.15) is 15.9 Å². The molecule has 0 saturated heterocycles. The van der Waals surface area contributed by atoms with Crippen molar-refractivity contribution in [1.82, 2.24) is 0 Å². The largest absolute Gasteiger partial charge is 0.464 e. The van der Waals surface area contributed by atoms with Gasteiger partial charge in [-0.15, -0.1) is 0 Å². The van der Waals surface area contributed by atoms with E-state index in [9.17, 15) is 14.0 Å². The summed E-state index contributed by atoms with van der Waals surface area (Å²) in [5, 5.41) is 0. The van der Waals surface area contributed by atoms with Crippen LogP contribution in [0.2, 0.25) is 0 Å². The van der Waals surface area contributed by atoms with Crippen molar-refractivity contribution in [3.63, 3.8) is 0 Å². The predicted octanol–water partition coefficient (Wildman–Crippen LogP) is 2.00. The molecule has 0 radical (unpaired) electrons. The third kappa shape index (κ3) is 2.04. The molecule has 0 saturated carbocycles. The summed E-state index contributed by atoms with van der Waals surface area (Å²) in [6.07, 6.45) is -0.339. The molecule has 0 amide bonds. The fourth-order valence-corrected chi connectivity index (χ4v) is 2.00. The van der Waals surface area contributed by atoms with E-state index in [1.54, 1.807) is 12.1 Å². The summed E-state index contributed by atoms with van der Waals surface area (Å²) in [5.74, 6) is -4.81. The van der Waals surface area contributed by atoms with Crippen LogP contribution in [0.3, 0.4) is 0 Å². The molecule has 1 heterocycles. The Bertz CT molecular complexity index is 502. The minimum atomic E-state index is -2.73. The van der Waals surface area contributed by atoms with Crippen LogP contribution >= 0.6 is 15.9 Å². The van der Waals surface area contributed by atoms with E-state index >= 15 is 0 Å². The fraction of sp³-hybridized carbons (Fsp3) is 0.273. The maximum atomic E-state index is 14.1. The number of hydrogen-bond donors (Lipinski definition) is 0. The summed E-state index contributed by atoms with van der Waals surface area (Å²) in [4.78, 5) is 22.8. The molecule has 0 spiro atoms. The highest BCUT2D eigenvalue weighted by molar-refractivity contribution is 9.10. The van der Waals surface area contributed by atoms with Gasteiger partial charge in [-0.1, -0.05) is 22.0 Å². The first kappa shape index (κ1) is 12.0. The number of halogens is 2. The Morgan fingerprint density at radius 2 is 2.29 bits per heavy atom. The van der Waals surface area contributed by atoms with Crippen LogP contribution in [0.25, 0.3) is 0 Å². The van der Waals surface area contributed by atoms with Crippen molar-refractivity contribution in [3.8, 4) is 0 Å². The number of cyclic esters (lactones) is 1. The van der Waals surface area contributed by atoms with Crippen molar-refractivity contribution in [2.45, 2.75) is 12.3 Å². The lowest BCUT2D eigenvalue weighted by molar-refractivity contribution is -0.185. The van der Waals surface area contributed by atoms with Crippen LogP contribution in [-0.2, 0) is 20.7 Å². The number of carbonyl (C=O) groups is 2. The summed E-state index contributed by atoms with van der Waals surface area (Å²) in [7, 11) is 1.04. The van der Waals surface area contributed by atoms with Crippen LogP contribution in [0, 0.1) is 0 Å². The molecule has 0 bridgehead atoms. The molecule has 1 unspecified atom stereocenters. The standard InChI is InChI=1S/C11H8BrFO4/c1-16-10(15)11(13)5-6-2-3-7(12)4-8(6)9(14)17-11/h2-4H,5H2,1H3. The van der Waals surface area contributed by atoms with Crippen molar-refractivity contribution in [3.05, 3.63) is 33.8 Å². The predicted molar refractivity (Wildman–Crippen MR) is 59.1 cm³/mol. The third-order valence-electron chi connectivity index (χ3n) is 2.45. The van der Waals surface area contributed by atoms with E-state index in [1.807, 2.05) is 0 Å². The van der Waals surface area contributed by atoms with E-state index in [1.165, 1.54) is 6.07 Å². The van der Waals surface area contributed by atoms with Crippen LogP contribution in [-0.4, -0.2) is 24.9 Å². The molecule has 0 fully saturated rings. The first-order valence-electron chi connectivity index (χ1n) is 4.75. The normalized spacial score (nSPS) is 22.6. The number of alkyl halides is 1. The zero-order valence-electron chi connectivity index (χ0n) is 8.83. The van der Waals surface area contributed by atoms with Gasteiger partial charge in [-0.3, -0.25) is 0 Å². The summed E-state index contributed by atoms with van der Waals surface area (Å²) < 4.78 is 23.5. The van der Waals surface area contributed by atoms with Crippen molar-refractivity contribution >= 4 is 27.9 Å². The minimum Gasteiger partial charge on any atom is -0.464 e. The van der Waals surface area contributed by atoms with Gasteiger partial charge >= 0.3 is 17.8 Å². The molecule has 2 rings (SSSR count). The number of rotatable bonds is 1. The Labute approximate surface area is 105 Å². The maximum absolute atomic E-state index is 14.1. The molecular weight excluding hydrogens is 295 g/mol. The van der Waals surface area contributed by atoms with Gasteiger partial charge in [0.2, 0.25) is 0 Å². The van der Waals surface area contributed by atoms with Gasteiger partial charge in [-0.05, 0) is 17.7 Å². The van der Waals surface area contributed by atoms with Crippen molar-refractivity contribution in [2.75, 3.05) is 7.11 Å². The lowest BCUT2D eigenvalue weighted by atomic mass is 9.97. The van der Waals surface area contributed by atoms with Crippen LogP contribution in [0.15, 0.2) is 22.7 Å². The molecule has 17 heavy (non-hydrogen) atoms. The van der Waals surface area contributed by atoms with E-state index in [4.69, 9.17) is 0 Å². The highest BCUT2D eigenvalue weighted by Gasteiger charge is 2.48. The maximum Gasteiger partial charge on any atom is 0.384 e. The summed E-state index contributed by atoms with van der Waals surface area (Å²) in [5.41, 5.74) is 0.661. The quantitative estimate of drug-likeness (QED) is 0.745. The molecule has 1 aliphatic heterocycles. The highest BCUT2D eigenvalue weighted by Crippen LogP contribution is 2.31. The molecule has 1 aromatic carbocycles. The molecular formula is C11H8BrFO4. The Hall–Kier alpha value is -1.43. The SMILES string of the molecule is COC(=O)C1(F)Cc2ccc(Br)cc2C(=O)O1. The summed E-state index contributed by atoms with van der Waals surface area (Å²) in [6, 6.07) is 4.75. The van der Waals surface area contributed by atoms with Gasteiger partial charge < -0.3 is 9.47 Å². The van der Waals surface area contributed by atoms with Gasteiger partial charge in [-0.2, -0.15) is 4.39 Å². The molecule has 0 N–H and O–H groups in total. The number of benzene rings is 1. The van der Waals surface area contributed by atoms with Crippen LogP contribution in [0.5, 0.6) is 0 Å². The number of methoxy groups -OCH3 is 1. The summed E-state index contributed by atoms with van der Waals surface area (Å²) in [6.45, 7) is 0. The number of carbonyl (C=O) groups excluding carboxylic acids is 2. The highest BCUT2D eigenvalue weighted by atomic mass is 79.9. The van der Waals surface area contributed by atoms with Gasteiger partial charge in [0.05, 0.1) is 19.1 Å². The van der Waals surface area contributed by atoms with Crippen molar-refractivity contribution < 1.29 is 23.5 Å². The average molecular weight is 303 g/mol. The topological polar surface area (TPSA) is 52.6 Å². The summed E-state index contributed by atoms with van der Waals surface area (Å²) >= 11 is 3.20. The first-order valence-corrected chi connectivity index (χ1v) is 5.54. The van der Waals surface area contributed by atoms with Gasteiger partial charge in [0.1, 0.15) is 0 Å². The second kappa shape index (κ2) is 4.10. The molecule has 1 atom stereocenters. The number of fused-ring (bicyclic) bond motifs is 1. The van der Waals surface area contributed by atoms with Crippen LogP contribution < -0.4 is 0 Å². The molecule has 0 aliphatic carbocycles. The third-order valence-corrected chi connectivity index (χ3v) is 2.95. The monoisotopic (exact) mass is 302 g/mol. The van der Waals surface area contributed by atoms with E-state index in [0.717, 1.165) is 7.11 Å². The van der Waals surface area contributed by atoms with Gasteiger partial charge in [0.25, 0.3) is 0 Å². The van der Waals surface area contributed by atoms with Gasteiger partial charge in [0.15, 0.2) is 0 Å². The Kier molecular flexibility index (Phi) is 2.91. The smallest absolute Gasteiger partial charge is 0.384 e. The zero-order chi connectivity index (χ0) is 12.6. The first-order chi connectivity index (χ1) is 7.96. The lowest BCUT2D eigenvalue weighted by Crippen LogP contribution is -2.45. The zero-order valence-corrected chi connectivity index (χ0v) is 10.4. The second-order valence-electron chi connectivity index (χ2n) is 3.59. The Morgan fingerprint density at radius 3 is 2.94 bits per heavy atom. The molecule has 4 nitrogen and oxygen atoms in total. The van der Waals surface area contributed by atoms with E-state index in [2.05, 4.69) is 25.4 Å². The average Bonchev–Trinajstić information content (AvgIpc) is 2.29. The van der Waals surface area contributed by atoms with Gasteiger partial charge in [0, 0.05) is 4.47 Å². The van der Waals surface area contributed by atoms with E-state index in [0.29, 0.717) is 10.0 Å². The molecule has 1 aliphatic rings. The van der Waals surface area contributed by atoms with Crippen molar-refractivity contribution in [2.24, 2.45) is 0 Å². The Morgan fingerprint density at radius 1 is 1.59 bits per heavy atom. The van der Waals surface area contributed by atoms with Crippen molar-refractivity contribution in [1.29, 1.82) is 0 Å². The van der Waals surface area contributed by atoms with Gasteiger partial charge in [-0.25, -0.2) is 9.59 Å². The molecule has 6 heteroatoms. The Balaban J connectivity index is 2.43. The van der Waals surface area contributed by atoms with E-state index in [-0.39, 0.29) is 12.0 Å². The second-order valence-corrected chi connectivity index (χ2v) is 4.50. The number of esters is 2. The van der Waals surface area contributed by atoms with Crippen LogP contribution in [0.4, 0.5) is 4.39 Å². The molecule has 90 valence electrons. The molecule has 0 aromatic heterocycles. The fourth-order valence-electron chi connectivity index (χ4n) is 1.64. The van der Waals surface area contributed by atoms with E-state index < -0.39 is 17.8 Å². The minimum absolute atomic E-state index is 0.247.